The molecule has 0 saturated carbocycles. The monoisotopic (exact) mass is 769 g/mol. The summed E-state index contributed by atoms with van der Waals surface area (Å²) >= 11 is 1.87. The van der Waals surface area contributed by atoms with Gasteiger partial charge in [0.25, 0.3) is 0 Å². The molecular weight excluding hydrogens is 735 g/mol. The summed E-state index contributed by atoms with van der Waals surface area (Å²) in [7, 11) is 0. The van der Waals surface area contributed by atoms with Gasteiger partial charge < -0.3 is 9.32 Å². The zero-order valence-corrected chi connectivity index (χ0v) is 32.8. The quantitative estimate of drug-likeness (QED) is 0.167. The average molecular weight is 770 g/mol. The van der Waals surface area contributed by atoms with Crippen molar-refractivity contribution in [3.8, 4) is 33.4 Å². The molecule has 0 amide bonds. The smallest absolute Gasteiger partial charge is 0.143 e. The number of nitrogens with zero attached hydrogens (tertiary/aromatic N) is 1. The SMILES string of the molecule is c1cc(-c2cccc3ccccc23)cc(N(c2ccc(-c3cccc4c3sc3ccccc34)cc2)c2ccccc2-c2cccc3c2oc2cc4ccccc4cc23)c1. The summed E-state index contributed by atoms with van der Waals surface area (Å²) < 4.78 is 9.45. The fourth-order valence-electron chi connectivity index (χ4n) is 9.07. The largest absolute Gasteiger partial charge is 0.455 e. The lowest BCUT2D eigenvalue weighted by atomic mass is 9.96. The summed E-state index contributed by atoms with van der Waals surface area (Å²) in [5.74, 6) is 0. The first-order chi connectivity index (χ1) is 29.2. The van der Waals surface area contributed by atoms with Crippen LogP contribution in [0.4, 0.5) is 17.1 Å². The lowest BCUT2D eigenvalue weighted by Gasteiger charge is -2.28. The Hall–Kier alpha value is -7.46. The number of fused-ring (bicyclic) bond motifs is 8. The standard InChI is InChI=1S/C56H35NOS/c1-2-15-39-35-53-51(34-38(39)14-1)49-25-12-24-48(55(49)58-53)46-20-5-7-27-52(46)57(42-18-9-17-40(33-42)44-22-10-16-36-13-3-4-19-43(36)44)41-31-29-37(30-32-41)45-23-11-26-50-47-21-6-8-28-54(47)59-56(45)50/h1-35H. The zero-order chi connectivity index (χ0) is 38.9. The summed E-state index contributed by atoms with van der Waals surface area (Å²) in [5.41, 5.74) is 12.0. The molecule has 0 aliphatic carbocycles. The third-order valence-corrected chi connectivity index (χ3v) is 13.1. The predicted octanol–water partition coefficient (Wildman–Crippen LogP) is 16.7. The highest BCUT2D eigenvalue weighted by Crippen LogP contribution is 2.46. The van der Waals surface area contributed by atoms with Crippen LogP contribution < -0.4 is 4.90 Å². The summed E-state index contributed by atoms with van der Waals surface area (Å²) in [6.07, 6.45) is 0. The molecule has 0 radical (unpaired) electrons. The van der Waals surface area contributed by atoms with Crippen LogP contribution in [0.25, 0.3) is 97.0 Å². The van der Waals surface area contributed by atoms with E-state index in [9.17, 15) is 0 Å². The Balaban J connectivity index is 1.05. The topological polar surface area (TPSA) is 16.4 Å². The van der Waals surface area contributed by atoms with E-state index >= 15 is 0 Å². The van der Waals surface area contributed by atoms with Gasteiger partial charge in [-0.25, -0.2) is 0 Å². The molecule has 10 aromatic carbocycles. The number of hydrogen-bond donors (Lipinski definition) is 0. The van der Waals surface area contributed by atoms with Crippen LogP contribution in [-0.2, 0) is 0 Å². The number of thiophene rings is 1. The van der Waals surface area contributed by atoms with Gasteiger partial charge in [-0.1, -0.05) is 164 Å². The molecule has 0 bridgehead atoms. The maximum Gasteiger partial charge on any atom is 0.143 e. The van der Waals surface area contributed by atoms with Crippen molar-refractivity contribution in [1.29, 1.82) is 0 Å². The van der Waals surface area contributed by atoms with Gasteiger partial charge in [-0.3, -0.25) is 0 Å². The summed E-state index contributed by atoms with van der Waals surface area (Å²) in [4.78, 5) is 2.41. The zero-order valence-electron chi connectivity index (χ0n) is 32.0. The Kier molecular flexibility index (Phi) is 7.75. The molecule has 0 aliphatic heterocycles. The van der Waals surface area contributed by atoms with Crippen LogP contribution in [0.15, 0.2) is 217 Å². The van der Waals surface area contributed by atoms with Gasteiger partial charge in [0, 0.05) is 53.4 Å². The van der Waals surface area contributed by atoms with Crippen molar-refractivity contribution in [2.45, 2.75) is 0 Å². The molecule has 0 fully saturated rings. The Morgan fingerprint density at radius 1 is 0.356 bits per heavy atom. The van der Waals surface area contributed by atoms with E-state index in [2.05, 4.69) is 217 Å². The fraction of sp³-hybridized carbons (Fsp3) is 0. The van der Waals surface area contributed by atoms with Crippen molar-refractivity contribution >= 4 is 92.1 Å². The van der Waals surface area contributed by atoms with E-state index in [0.29, 0.717) is 0 Å². The van der Waals surface area contributed by atoms with E-state index in [1.807, 2.05) is 11.3 Å². The number of furan rings is 1. The molecule has 276 valence electrons. The van der Waals surface area contributed by atoms with Gasteiger partial charge in [-0.05, 0) is 92.3 Å². The van der Waals surface area contributed by atoms with Gasteiger partial charge in [0.2, 0.25) is 0 Å². The molecule has 3 heteroatoms. The second kappa shape index (κ2) is 13.6. The minimum atomic E-state index is 0.890. The van der Waals surface area contributed by atoms with Gasteiger partial charge in [-0.15, -0.1) is 11.3 Å². The van der Waals surface area contributed by atoms with Crippen molar-refractivity contribution in [2.24, 2.45) is 0 Å². The van der Waals surface area contributed by atoms with Crippen LogP contribution >= 0.6 is 11.3 Å². The Bertz CT molecular complexity index is 3570. The van der Waals surface area contributed by atoms with Crippen LogP contribution in [0, 0.1) is 0 Å². The van der Waals surface area contributed by atoms with Crippen molar-refractivity contribution in [2.75, 3.05) is 4.90 Å². The molecule has 0 aliphatic rings. The summed E-state index contributed by atoms with van der Waals surface area (Å²) in [5, 5.41) is 9.71. The molecule has 2 aromatic heterocycles. The normalized spacial score (nSPS) is 11.7. The Morgan fingerprint density at radius 3 is 1.86 bits per heavy atom. The molecule has 0 N–H and O–H groups in total. The van der Waals surface area contributed by atoms with Gasteiger partial charge in [0.1, 0.15) is 11.2 Å². The van der Waals surface area contributed by atoms with Gasteiger partial charge in [0.15, 0.2) is 0 Å². The maximum atomic E-state index is 6.81. The molecule has 2 heterocycles. The number of anilines is 3. The second-order valence-corrected chi connectivity index (χ2v) is 16.3. The second-order valence-electron chi connectivity index (χ2n) is 15.2. The number of para-hydroxylation sites is 2. The third-order valence-electron chi connectivity index (χ3n) is 11.8. The highest BCUT2D eigenvalue weighted by molar-refractivity contribution is 7.26. The van der Waals surface area contributed by atoms with Crippen molar-refractivity contribution in [1.82, 2.24) is 0 Å². The Morgan fingerprint density at radius 2 is 0.983 bits per heavy atom. The average Bonchev–Trinajstić information content (AvgIpc) is 3.87. The van der Waals surface area contributed by atoms with Crippen LogP contribution in [-0.4, -0.2) is 0 Å². The van der Waals surface area contributed by atoms with Crippen LogP contribution in [0.2, 0.25) is 0 Å². The first-order valence-electron chi connectivity index (χ1n) is 20.1. The summed E-state index contributed by atoms with van der Waals surface area (Å²) in [6, 6.07) is 76.9. The van der Waals surface area contributed by atoms with Crippen molar-refractivity contribution < 1.29 is 4.42 Å². The summed E-state index contributed by atoms with van der Waals surface area (Å²) in [6.45, 7) is 0. The first-order valence-corrected chi connectivity index (χ1v) is 20.9. The lowest BCUT2D eigenvalue weighted by Crippen LogP contribution is -2.11. The first kappa shape index (κ1) is 33.7. The van der Waals surface area contributed by atoms with Gasteiger partial charge >= 0.3 is 0 Å². The molecule has 59 heavy (non-hydrogen) atoms. The molecule has 12 aromatic rings. The van der Waals surface area contributed by atoms with E-state index < -0.39 is 0 Å². The van der Waals surface area contributed by atoms with Gasteiger partial charge in [-0.2, -0.15) is 0 Å². The van der Waals surface area contributed by atoms with Crippen LogP contribution in [0.3, 0.4) is 0 Å². The van der Waals surface area contributed by atoms with Crippen LogP contribution in [0.1, 0.15) is 0 Å². The number of benzene rings is 10. The third kappa shape index (κ3) is 5.55. The van der Waals surface area contributed by atoms with Gasteiger partial charge in [0.05, 0.1) is 5.69 Å². The molecule has 0 unspecified atom stereocenters. The van der Waals surface area contributed by atoms with E-state index in [-0.39, 0.29) is 0 Å². The minimum absolute atomic E-state index is 0.890. The van der Waals surface area contributed by atoms with E-state index in [1.54, 1.807) is 0 Å². The van der Waals surface area contributed by atoms with E-state index in [0.717, 1.165) is 50.1 Å². The number of hydrogen-bond acceptors (Lipinski definition) is 3. The molecule has 0 saturated heterocycles. The van der Waals surface area contributed by atoms with Crippen molar-refractivity contribution in [3.05, 3.63) is 212 Å². The lowest BCUT2D eigenvalue weighted by molar-refractivity contribution is 0.670. The molecule has 2 nitrogen and oxygen atoms in total. The van der Waals surface area contributed by atoms with Crippen LogP contribution in [0.5, 0.6) is 0 Å². The van der Waals surface area contributed by atoms with Crippen molar-refractivity contribution in [3.63, 3.8) is 0 Å². The fourth-order valence-corrected chi connectivity index (χ4v) is 10.3. The van der Waals surface area contributed by atoms with E-state index in [4.69, 9.17) is 4.42 Å². The highest BCUT2D eigenvalue weighted by Gasteiger charge is 2.22. The molecule has 12 rings (SSSR count). The molecule has 0 spiro atoms. The molecule has 0 atom stereocenters. The Labute approximate surface area is 345 Å². The number of rotatable bonds is 6. The maximum absolute atomic E-state index is 6.81. The highest BCUT2D eigenvalue weighted by atomic mass is 32.1. The molecular formula is C56H35NOS. The minimum Gasteiger partial charge on any atom is -0.455 e. The van der Waals surface area contributed by atoms with E-state index in [1.165, 1.54) is 64.0 Å². The predicted molar refractivity (Wildman–Crippen MR) is 253 cm³/mol.